The number of thioether (sulfide) groups is 1. The molecule has 1 rings (SSSR count). The van der Waals surface area contributed by atoms with E-state index in [4.69, 9.17) is 5.11 Å². The maximum absolute atomic E-state index is 10.7. The first-order chi connectivity index (χ1) is 7.97. The number of carboxylic acid groups (broad SMARTS) is 1. The lowest BCUT2D eigenvalue weighted by molar-refractivity contribution is -0.140. The van der Waals surface area contributed by atoms with Crippen LogP contribution in [0.5, 0.6) is 0 Å². The van der Waals surface area contributed by atoms with E-state index < -0.39 is 5.97 Å². The summed E-state index contributed by atoms with van der Waals surface area (Å²) >= 11 is 5.15. The Morgan fingerprint density at radius 1 is 1.65 bits per heavy atom. The highest BCUT2D eigenvalue weighted by atomic mass is 79.9. The van der Waals surface area contributed by atoms with Gasteiger partial charge in [0.15, 0.2) is 0 Å². The molecule has 1 atom stereocenters. The summed E-state index contributed by atoms with van der Waals surface area (Å²) in [6.07, 6.45) is 0. The molecule has 0 aliphatic heterocycles. The highest BCUT2D eigenvalue weighted by molar-refractivity contribution is 9.10. The lowest BCUT2D eigenvalue weighted by Crippen LogP contribution is -2.12. The van der Waals surface area contributed by atoms with Crippen LogP contribution in [0.25, 0.3) is 0 Å². The molecule has 96 valence electrons. The SMILES string of the molecule is CCn1nc(C)c(Br)c1CSCC(C)C(=O)O. The van der Waals surface area contributed by atoms with E-state index in [2.05, 4.69) is 21.0 Å². The molecule has 0 saturated carbocycles. The van der Waals surface area contributed by atoms with Crippen molar-refractivity contribution < 1.29 is 9.90 Å². The molecule has 0 fully saturated rings. The second kappa shape index (κ2) is 6.44. The summed E-state index contributed by atoms with van der Waals surface area (Å²) in [6, 6.07) is 0. The monoisotopic (exact) mass is 320 g/mol. The van der Waals surface area contributed by atoms with Crippen molar-refractivity contribution in [2.45, 2.75) is 33.1 Å². The summed E-state index contributed by atoms with van der Waals surface area (Å²) in [6.45, 7) is 6.57. The normalized spacial score (nSPS) is 12.7. The third kappa shape index (κ3) is 3.74. The highest BCUT2D eigenvalue weighted by Crippen LogP contribution is 2.25. The first-order valence-corrected chi connectivity index (χ1v) is 7.44. The molecule has 1 aromatic heterocycles. The standard InChI is InChI=1S/C11H17BrN2O2S/c1-4-14-9(10(12)8(3)13-14)6-17-5-7(2)11(15)16/h7H,4-6H2,1-3H3,(H,15,16). The fraction of sp³-hybridized carbons (Fsp3) is 0.636. The summed E-state index contributed by atoms with van der Waals surface area (Å²) in [4.78, 5) is 10.7. The minimum absolute atomic E-state index is 0.308. The van der Waals surface area contributed by atoms with Crippen LogP contribution in [0, 0.1) is 12.8 Å². The van der Waals surface area contributed by atoms with Gasteiger partial charge in [-0.2, -0.15) is 16.9 Å². The molecule has 0 saturated heterocycles. The Bertz CT molecular complexity index is 406. The third-order valence-corrected chi connectivity index (χ3v) is 4.73. The lowest BCUT2D eigenvalue weighted by Gasteiger charge is -2.07. The lowest BCUT2D eigenvalue weighted by atomic mass is 10.2. The van der Waals surface area contributed by atoms with Crippen LogP contribution in [0.15, 0.2) is 4.47 Å². The molecule has 0 bridgehead atoms. The van der Waals surface area contributed by atoms with Gasteiger partial charge >= 0.3 is 5.97 Å². The van der Waals surface area contributed by atoms with E-state index in [0.717, 1.165) is 28.2 Å². The van der Waals surface area contributed by atoms with Gasteiger partial charge in [-0.15, -0.1) is 0 Å². The number of hydrogen-bond acceptors (Lipinski definition) is 3. The number of aromatic nitrogens is 2. The van der Waals surface area contributed by atoms with Crippen LogP contribution < -0.4 is 0 Å². The number of nitrogens with zero attached hydrogens (tertiary/aromatic N) is 2. The molecule has 4 nitrogen and oxygen atoms in total. The molecule has 0 amide bonds. The molecule has 1 N–H and O–H groups in total. The molecule has 0 radical (unpaired) electrons. The molecule has 0 aromatic carbocycles. The third-order valence-electron chi connectivity index (χ3n) is 2.48. The molecule has 17 heavy (non-hydrogen) atoms. The van der Waals surface area contributed by atoms with Gasteiger partial charge in [0.1, 0.15) is 0 Å². The zero-order chi connectivity index (χ0) is 13.0. The van der Waals surface area contributed by atoms with E-state index in [0.29, 0.717) is 5.75 Å². The average molecular weight is 321 g/mol. The number of carbonyl (C=O) groups is 1. The summed E-state index contributed by atoms with van der Waals surface area (Å²) < 4.78 is 2.99. The van der Waals surface area contributed by atoms with Crippen molar-refractivity contribution in [1.82, 2.24) is 9.78 Å². The van der Waals surface area contributed by atoms with Gasteiger partial charge in [-0.1, -0.05) is 6.92 Å². The maximum atomic E-state index is 10.7. The Labute approximate surface area is 114 Å². The molecule has 1 unspecified atom stereocenters. The molecule has 1 aromatic rings. The van der Waals surface area contributed by atoms with E-state index in [1.54, 1.807) is 18.7 Å². The second-order valence-corrected chi connectivity index (χ2v) is 5.74. The van der Waals surface area contributed by atoms with Gasteiger partial charge in [-0.25, -0.2) is 0 Å². The van der Waals surface area contributed by atoms with Gasteiger partial charge in [0, 0.05) is 18.1 Å². The number of carboxylic acids is 1. The van der Waals surface area contributed by atoms with Crippen LogP contribution in [-0.2, 0) is 17.1 Å². The van der Waals surface area contributed by atoms with E-state index in [1.807, 2.05) is 18.5 Å². The predicted octanol–water partition coefficient (Wildman–Crippen LogP) is 2.93. The zero-order valence-electron chi connectivity index (χ0n) is 10.2. The van der Waals surface area contributed by atoms with Crippen LogP contribution >= 0.6 is 27.7 Å². The molecule has 1 heterocycles. The van der Waals surface area contributed by atoms with E-state index >= 15 is 0 Å². The minimum atomic E-state index is -0.739. The van der Waals surface area contributed by atoms with E-state index in [-0.39, 0.29) is 5.92 Å². The summed E-state index contributed by atoms with van der Waals surface area (Å²) in [5.74, 6) is 0.359. The molecule has 0 spiro atoms. The Kier molecular flexibility index (Phi) is 5.52. The number of rotatable bonds is 6. The van der Waals surface area contributed by atoms with Gasteiger partial charge in [-0.05, 0) is 29.8 Å². The van der Waals surface area contributed by atoms with Crippen molar-refractivity contribution in [1.29, 1.82) is 0 Å². The maximum Gasteiger partial charge on any atom is 0.307 e. The Hall–Kier alpha value is -0.490. The van der Waals surface area contributed by atoms with Crippen molar-refractivity contribution in [2.24, 2.45) is 5.92 Å². The average Bonchev–Trinajstić information content (AvgIpc) is 2.56. The van der Waals surface area contributed by atoms with Crippen molar-refractivity contribution >= 4 is 33.7 Å². The molecule has 0 aliphatic rings. The van der Waals surface area contributed by atoms with Crippen molar-refractivity contribution in [3.63, 3.8) is 0 Å². The second-order valence-electron chi connectivity index (χ2n) is 3.92. The smallest absolute Gasteiger partial charge is 0.307 e. The van der Waals surface area contributed by atoms with Crippen LogP contribution in [0.1, 0.15) is 25.2 Å². The van der Waals surface area contributed by atoms with Gasteiger partial charge in [0.05, 0.1) is 21.8 Å². The minimum Gasteiger partial charge on any atom is -0.481 e. The Morgan fingerprint density at radius 2 is 2.29 bits per heavy atom. The molecular formula is C11H17BrN2O2S. The van der Waals surface area contributed by atoms with E-state index in [1.165, 1.54) is 0 Å². The Balaban J connectivity index is 2.60. The quantitative estimate of drug-likeness (QED) is 0.875. The van der Waals surface area contributed by atoms with Crippen LogP contribution in [-0.4, -0.2) is 26.6 Å². The topological polar surface area (TPSA) is 55.1 Å². The first kappa shape index (κ1) is 14.6. The van der Waals surface area contributed by atoms with Crippen molar-refractivity contribution in [3.8, 4) is 0 Å². The highest BCUT2D eigenvalue weighted by Gasteiger charge is 2.14. The van der Waals surface area contributed by atoms with Gasteiger partial charge in [-0.3, -0.25) is 9.48 Å². The van der Waals surface area contributed by atoms with Gasteiger partial charge in [0.25, 0.3) is 0 Å². The predicted molar refractivity (Wildman–Crippen MR) is 73.3 cm³/mol. The van der Waals surface area contributed by atoms with Gasteiger partial charge < -0.3 is 5.11 Å². The fourth-order valence-electron chi connectivity index (χ4n) is 1.41. The van der Waals surface area contributed by atoms with Gasteiger partial charge in [0.2, 0.25) is 0 Å². The summed E-state index contributed by atoms with van der Waals surface area (Å²) in [5, 5.41) is 13.2. The van der Waals surface area contributed by atoms with Crippen molar-refractivity contribution in [2.75, 3.05) is 5.75 Å². The first-order valence-electron chi connectivity index (χ1n) is 5.49. The van der Waals surface area contributed by atoms with Crippen molar-refractivity contribution in [3.05, 3.63) is 15.9 Å². The van der Waals surface area contributed by atoms with Crippen LogP contribution in [0.3, 0.4) is 0 Å². The number of aliphatic carboxylic acids is 1. The summed E-state index contributed by atoms with van der Waals surface area (Å²) in [7, 11) is 0. The molecular weight excluding hydrogens is 304 g/mol. The fourth-order valence-corrected chi connectivity index (χ4v) is 3.12. The van der Waals surface area contributed by atoms with Crippen LogP contribution in [0.4, 0.5) is 0 Å². The number of hydrogen-bond donors (Lipinski definition) is 1. The molecule has 6 heteroatoms. The summed E-state index contributed by atoms with van der Waals surface area (Å²) in [5.41, 5.74) is 2.11. The zero-order valence-corrected chi connectivity index (χ0v) is 12.6. The largest absolute Gasteiger partial charge is 0.481 e. The van der Waals surface area contributed by atoms with E-state index in [9.17, 15) is 4.79 Å². The number of aryl methyl sites for hydroxylation is 2. The van der Waals surface area contributed by atoms with Crippen LogP contribution in [0.2, 0.25) is 0 Å². The number of halogens is 1. The Morgan fingerprint density at radius 3 is 2.82 bits per heavy atom. The molecule has 0 aliphatic carbocycles.